The number of carbonyl (C=O) groups is 1. The number of furan rings is 1. The topological polar surface area (TPSA) is 85.8 Å². The second kappa shape index (κ2) is 7.89. The highest BCUT2D eigenvalue weighted by Gasteiger charge is 2.34. The number of hydrogen-bond donors (Lipinski definition) is 0. The molecule has 9 heteroatoms. The molecule has 144 valence electrons. The van der Waals surface area contributed by atoms with E-state index in [0.717, 1.165) is 17.0 Å². The van der Waals surface area contributed by atoms with Crippen molar-refractivity contribution >= 4 is 23.4 Å². The normalized spacial score (nSPS) is 16.3. The molecule has 1 unspecified atom stereocenters. The Kier molecular flexibility index (Phi) is 5.16. The van der Waals surface area contributed by atoms with Gasteiger partial charge < -0.3 is 13.7 Å². The maximum atomic E-state index is 12.9. The van der Waals surface area contributed by atoms with Crippen LogP contribution in [0.5, 0.6) is 5.75 Å². The zero-order valence-electron chi connectivity index (χ0n) is 15.5. The van der Waals surface area contributed by atoms with Gasteiger partial charge in [-0.1, -0.05) is 11.8 Å². The van der Waals surface area contributed by atoms with Crippen molar-refractivity contribution in [2.24, 2.45) is 12.1 Å². The Hall–Kier alpha value is -3.07. The Morgan fingerprint density at radius 2 is 2.14 bits per heavy atom. The molecule has 0 radical (unpaired) electrons. The van der Waals surface area contributed by atoms with Gasteiger partial charge in [-0.2, -0.15) is 5.10 Å². The summed E-state index contributed by atoms with van der Waals surface area (Å²) in [6, 6.07) is 11.1. The molecule has 0 saturated carbocycles. The van der Waals surface area contributed by atoms with E-state index in [2.05, 4.69) is 15.3 Å². The van der Waals surface area contributed by atoms with Gasteiger partial charge >= 0.3 is 0 Å². The SMILES string of the molecule is COc1ccc(C2=NN(C(=O)CSc3nncn3C)C(c3ccco3)C2)cc1. The van der Waals surface area contributed by atoms with Gasteiger partial charge in [0.25, 0.3) is 5.91 Å². The molecule has 4 rings (SSSR count). The van der Waals surface area contributed by atoms with Gasteiger partial charge in [0.05, 0.1) is 24.8 Å². The van der Waals surface area contributed by atoms with E-state index in [4.69, 9.17) is 9.15 Å². The number of thioether (sulfide) groups is 1. The summed E-state index contributed by atoms with van der Waals surface area (Å²) in [6.07, 6.45) is 3.80. The number of ether oxygens (including phenoxy) is 1. The summed E-state index contributed by atoms with van der Waals surface area (Å²) in [6.45, 7) is 0. The first-order chi connectivity index (χ1) is 13.7. The molecule has 8 nitrogen and oxygen atoms in total. The fourth-order valence-electron chi connectivity index (χ4n) is 3.00. The second-order valence-corrected chi connectivity index (χ2v) is 7.20. The van der Waals surface area contributed by atoms with Gasteiger partial charge in [0.1, 0.15) is 23.9 Å². The molecule has 2 aromatic heterocycles. The van der Waals surface area contributed by atoms with Crippen LogP contribution < -0.4 is 4.74 Å². The van der Waals surface area contributed by atoms with E-state index in [-0.39, 0.29) is 17.7 Å². The van der Waals surface area contributed by atoms with Crippen LogP contribution in [-0.2, 0) is 11.8 Å². The monoisotopic (exact) mass is 397 g/mol. The first kappa shape index (κ1) is 18.3. The molecule has 3 aromatic rings. The van der Waals surface area contributed by atoms with Crippen molar-refractivity contribution in [3.05, 3.63) is 60.3 Å². The lowest BCUT2D eigenvalue weighted by Crippen LogP contribution is -2.28. The van der Waals surface area contributed by atoms with E-state index in [1.165, 1.54) is 16.8 Å². The predicted octanol–water partition coefficient (Wildman–Crippen LogP) is 2.89. The van der Waals surface area contributed by atoms with Crippen molar-refractivity contribution < 1.29 is 13.9 Å². The lowest BCUT2D eigenvalue weighted by Gasteiger charge is -2.19. The van der Waals surface area contributed by atoms with E-state index < -0.39 is 0 Å². The molecule has 3 heterocycles. The van der Waals surface area contributed by atoms with Crippen LogP contribution in [-0.4, -0.2) is 44.3 Å². The number of aryl methyl sites for hydroxylation is 1. The molecule has 0 aliphatic carbocycles. The Labute approximate surface area is 166 Å². The summed E-state index contributed by atoms with van der Waals surface area (Å²) in [5, 5.41) is 14.6. The lowest BCUT2D eigenvalue weighted by atomic mass is 10.0. The Bertz CT molecular complexity index is 981. The number of hydrogen-bond acceptors (Lipinski definition) is 7. The van der Waals surface area contributed by atoms with Crippen LogP contribution >= 0.6 is 11.8 Å². The third-order valence-corrected chi connectivity index (χ3v) is 5.47. The standard InChI is InChI=1S/C19H19N5O3S/c1-23-12-20-21-19(23)28-11-18(25)24-16(17-4-3-9-27-17)10-15(22-24)13-5-7-14(26-2)8-6-13/h3-9,12,16H,10-11H2,1-2H3. The van der Waals surface area contributed by atoms with Gasteiger partial charge in [0.2, 0.25) is 0 Å². The average Bonchev–Trinajstić information content (AvgIpc) is 3.46. The Morgan fingerprint density at radius 1 is 1.32 bits per heavy atom. The highest BCUT2D eigenvalue weighted by molar-refractivity contribution is 7.99. The van der Waals surface area contributed by atoms with Gasteiger partial charge in [-0.05, 0) is 42.0 Å². The molecule has 1 aromatic carbocycles. The minimum absolute atomic E-state index is 0.113. The maximum Gasteiger partial charge on any atom is 0.253 e. The maximum absolute atomic E-state index is 12.9. The van der Waals surface area contributed by atoms with Gasteiger partial charge in [-0.3, -0.25) is 4.79 Å². The molecule has 1 aliphatic heterocycles. The van der Waals surface area contributed by atoms with Crippen molar-refractivity contribution in [2.45, 2.75) is 17.6 Å². The third-order valence-electron chi connectivity index (χ3n) is 4.46. The summed E-state index contributed by atoms with van der Waals surface area (Å²) in [5.74, 6) is 1.59. The number of hydrazone groups is 1. The first-order valence-electron chi connectivity index (χ1n) is 8.70. The fraction of sp³-hybridized carbons (Fsp3) is 0.263. The molecular weight excluding hydrogens is 378 g/mol. The number of nitrogens with zero attached hydrogens (tertiary/aromatic N) is 5. The number of rotatable bonds is 6. The van der Waals surface area contributed by atoms with Crippen LogP contribution in [0.2, 0.25) is 0 Å². The lowest BCUT2D eigenvalue weighted by molar-refractivity contribution is -0.130. The van der Waals surface area contributed by atoms with Crippen LogP contribution in [0.25, 0.3) is 0 Å². The highest BCUT2D eigenvalue weighted by Crippen LogP contribution is 2.34. The average molecular weight is 397 g/mol. The summed E-state index contributed by atoms with van der Waals surface area (Å²) < 4.78 is 12.6. The zero-order chi connectivity index (χ0) is 19.5. The molecule has 0 fully saturated rings. The smallest absolute Gasteiger partial charge is 0.253 e. The number of amides is 1. The van der Waals surface area contributed by atoms with Crippen LogP contribution in [0, 0.1) is 0 Å². The van der Waals surface area contributed by atoms with Crippen molar-refractivity contribution in [3.63, 3.8) is 0 Å². The minimum Gasteiger partial charge on any atom is -0.497 e. The first-order valence-corrected chi connectivity index (χ1v) is 9.68. The predicted molar refractivity (Wildman–Crippen MR) is 104 cm³/mol. The number of carbonyl (C=O) groups excluding carboxylic acids is 1. The van der Waals surface area contributed by atoms with Crippen molar-refractivity contribution in [3.8, 4) is 5.75 Å². The van der Waals surface area contributed by atoms with Gasteiger partial charge in [-0.25, -0.2) is 5.01 Å². The fourth-order valence-corrected chi connectivity index (χ4v) is 3.74. The van der Waals surface area contributed by atoms with Crippen LogP contribution in [0.3, 0.4) is 0 Å². The summed E-state index contributed by atoms with van der Waals surface area (Å²) in [4.78, 5) is 12.9. The quantitative estimate of drug-likeness (QED) is 0.595. The van der Waals surface area contributed by atoms with Gasteiger partial charge in [-0.15, -0.1) is 10.2 Å². The Morgan fingerprint density at radius 3 is 2.79 bits per heavy atom. The summed E-state index contributed by atoms with van der Waals surface area (Å²) in [5.41, 5.74) is 1.79. The van der Waals surface area contributed by atoms with Crippen LogP contribution in [0.15, 0.2) is 63.7 Å². The molecule has 0 saturated heterocycles. The van der Waals surface area contributed by atoms with E-state index in [1.54, 1.807) is 24.3 Å². The Balaban J connectivity index is 1.56. The molecule has 1 amide bonds. The summed E-state index contributed by atoms with van der Waals surface area (Å²) >= 11 is 1.33. The van der Waals surface area contributed by atoms with Crippen LogP contribution in [0.4, 0.5) is 0 Å². The summed E-state index contributed by atoms with van der Waals surface area (Å²) in [7, 11) is 3.47. The van der Waals surface area contributed by atoms with E-state index in [1.807, 2.05) is 43.4 Å². The number of methoxy groups -OCH3 is 1. The number of benzene rings is 1. The van der Waals surface area contributed by atoms with E-state index in [9.17, 15) is 4.79 Å². The largest absolute Gasteiger partial charge is 0.497 e. The van der Waals surface area contributed by atoms with Crippen LogP contribution in [0.1, 0.15) is 23.8 Å². The highest BCUT2D eigenvalue weighted by atomic mass is 32.2. The van der Waals surface area contributed by atoms with Crippen molar-refractivity contribution in [2.75, 3.05) is 12.9 Å². The molecule has 1 atom stereocenters. The molecule has 28 heavy (non-hydrogen) atoms. The molecule has 1 aliphatic rings. The van der Waals surface area contributed by atoms with Crippen molar-refractivity contribution in [1.29, 1.82) is 0 Å². The number of aromatic nitrogens is 3. The zero-order valence-corrected chi connectivity index (χ0v) is 16.3. The van der Waals surface area contributed by atoms with Gasteiger partial charge in [0.15, 0.2) is 5.16 Å². The molecule has 0 N–H and O–H groups in total. The second-order valence-electron chi connectivity index (χ2n) is 6.26. The van der Waals surface area contributed by atoms with E-state index in [0.29, 0.717) is 17.3 Å². The van der Waals surface area contributed by atoms with E-state index >= 15 is 0 Å². The minimum atomic E-state index is -0.264. The van der Waals surface area contributed by atoms with Gasteiger partial charge in [0, 0.05) is 13.5 Å². The molecular formula is C19H19N5O3S. The van der Waals surface area contributed by atoms with Crippen molar-refractivity contribution in [1.82, 2.24) is 19.8 Å². The molecule has 0 spiro atoms. The third kappa shape index (κ3) is 3.65. The molecule has 0 bridgehead atoms.